The van der Waals surface area contributed by atoms with E-state index in [-0.39, 0.29) is 23.4 Å². The average Bonchev–Trinajstić information content (AvgIpc) is 2.90. The number of esters is 1. The number of carbonyl (C=O) groups is 2. The van der Waals surface area contributed by atoms with Crippen LogP contribution in [0.15, 0.2) is 24.3 Å². The summed E-state index contributed by atoms with van der Waals surface area (Å²) in [7, 11) is 0. The lowest BCUT2D eigenvalue weighted by Crippen LogP contribution is -2.46. The smallest absolute Gasteiger partial charge is 0.330 e. The van der Waals surface area contributed by atoms with Crippen molar-refractivity contribution in [2.24, 2.45) is 0 Å². The number of ether oxygens (including phenoxy) is 1. The van der Waals surface area contributed by atoms with Gasteiger partial charge in [-0.05, 0) is 32.4 Å². The number of rotatable bonds is 5. The van der Waals surface area contributed by atoms with Crippen molar-refractivity contribution >= 4 is 35.2 Å². The Labute approximate surface area is 146 Å². The molecule has 0 spiro atoms. The number of hydrogen-bond acceptors (Lipinski definition) is 4. The molecule has 2 atom stereocenters. The zero-order valence-corrected chi connectivity index (χ0v) is 15.2. The quantitative estimate of drug-likeness (QED) is 0.749. The normalized spacial score (nSPS) is 20.8. The average molecular weight is 356 g/mol. The Morgan fingerprint density at radius 1 is 1.39 bits per heavy atom. The van der Waals surface area contributed by atoms with E-state index < -0.39 is 6.04 Å². The predicted octanol–water partition coefficient (Wildman–Crippen LogP) is 3.98. The zero-order valence-electron chi connectivity index (χ0n) is 13.6. The monoisotopic (exact) mass is 355 g/mol. The Morgan fingerprint density at radius 2 is 2.09 bits per heavy atom. The predicted molar refractivity (Wildman–Crippen MR) is 93.8 cm³/mol. The summed E-state index contributed by atoms with van der Waals surface area (Å²) >= 11 is 7.79. The van der Waals surface area contributed by atoms with E-state index in [2.05, 4.69) is 6.92 Å². The molecule has 0 saturated carbocycles. The summed E-state index contributed by atoms with van der Waals surface area (Å²) in [5, 5.41) is 0.383. The van der Waals surface area contributed by atoms with Crippen LogP contribution in [-0.4, -0.2) is 40.0 Å². The first kappa shape index (κ1) is 18.1. The molecule has 1 aliphatic rings. The summed E-state index contributed by atoms with van der Waals surface area (Å²) in [6.45, 7) is 5.69. The molecule has 0 aliphatic carbocycles. The molecule has 1 heterocycles. The summed E-state index contributed by atoms with van der Waals surface area (Å²) in [5.74, 6) is 0.0168. The Balaban J connectivity index is 2.29. The van der Waals surface area contributed by atoms with E-state index in [4.69, 9.17) is 16.3 Å². The fourth-order valence-corrected chi connectivity index (χ4v) is 4.29. The minimum absolute atomic E-state index is 0.0199. The van der Waals surface area contributed by atoms with Crippen molar-refractivity contribution in [3.63, 3.8) is 0 Å². The first-order valence-corrected chi connectivity index (χ1v) is 9.27. The van der Waals surface area contributed by atoms with Crippen LogP contribution in [0.5, 0.6) is 0 Å². The number of benzene rings is 1. The highest BCUT2D eigenvalue weighted by atomic mass is 35.5. The van der Waals surface area contributed by atoms with E-state index in [9.17, 15) is 9.59 Å². The van der Waals surface area contributed by atoms with Crippen LogP contribution >= 0.6 is 23.4 Å². The van der Waals surface area contributed by atoms with Crippen molar-refractivity contribution in [3.8, 4) is 0 Å². The van der Waals surface area contributed by atoms with Crippen molar-refractivity contribution in [3.05, 3.63) is 34.9 Å². The van der Waals surface area contributed by atoms with Gasteiger partial charge in [0.05, 0.1) is 22.1 Å². The fraction of sp³-hybridized carbons (Fsp3) is 0.529. The zero-order chi connectivity index (χ0) is 17.0. The summed E-state index contributed by atoms with van der Waals surface area (Å²) in [6, 6.07) is 6.39. The number of thioether (sulfide) groups is 1. The van der Waals surface area contributed by atoms with Crippen LogP contribution in [0.2, 0.25) is 5.02 Å². The van der Waals surface area contributed by atoms with E-state index in [0.29, 0.717) is 16.3 Å². The molecule has 0 radical (unpaired) electrons. The molecule has 0 bridgehead atoms. The lowest BCUT2D eigenvalue weighted by molar-refractivity contribution is -0.151. The van der Waals surface area contributed by atoms with E-state index in [1.54, 1.807) is 40.9 Å². The van der Waals surface area contributed by atoms with E-state index in [1.165, 1.54) is 0 Å². The minimum Gasteiger partial charge on any atom is -0.461 e. The number of nitrogens with zero attached hydrogens (tertiary/aromatic N) is 1. The van der Waals surface area contributed by atoms with Crippen molar-refractivity contribution in [2.45, 2.75) is 51.1 Å². The Hall–Kier alpha value is -1.20. The van der Waals surface area contributed by atoms with Gasteiger partial charge in [-0.2, -0.15) is 0 Å². The van der Waals surface area contributed by atoms with Crippen LogP contribution in [0.1, 0.15) is 44.0 Å². The Bertz CT molecular complexity index is 579. The third-order valence-corrected chi connectivity index (χ3v) is 5.28. The lowest BCUT2D eigenvalue weighted by Gasteiger charge is -2.29. The molecule has 126 valence electrons. The van der Waals surface area contributed by atoms with Crippen molar-refractivity contribution in [2.75, 3.05) is 5.75 Å². The topological polar surface area (TPSA) is 46.6 Å². The highest BCUT2D eigenvalue weighted by molar-refractivity contribution is 8.00. The maximum Gasteiger partial charge on any atom is 0.330 e. The fourth-order valence-electron chi connectivity index (χ4n) is 2.57. The van der Waals surface area contributed by atoms with Crippen LogP contribution in [0.3, 0.4) is 0 Å². The van der Waals surface area contributed by atoms with Crippen LogP contribution in [0.4, 0.5) is 0 Å². The first-order chi connectivity index (χ1) is 11.0. The molecule has 1 aliphatic heterocycles. The summed E-state index contributed by atoms with van der Waals surface area (Å²) < 4.78 is 5.33. The molecule has 6 heteroatoms. The van der Waals surface area contributed by atoms with Crippen molar-refractivity contribution in [1.82, 2.24) is 4.90 Å². The summed E-state index contributed by atoms with van der Waals surface area (Å²) in [5.41, 5.74) is 0.431. The molecule has 23 heavy (non-hydrogen) atoms. The van der Waals surface area contributed by atoms with Crippen LogP contribution in [0, 0.1) is 0 Å². The second kappa shape index (κ2) is 8.06. The summed E-state index contributed by atoms with van der Waals surface area (Å²) in [4.78, 5) is 27.0. The Morgan fingerprint density at radius 3 is 2.70 bits per heavy atom. The Kier molecular flexibility index (Phi) is 6.36. The van der Waals surface area contributed by atoms with E-state index in [1.807, 2.05) is 13.8 Å². The van der Waals surface area contributed by atoms with Crippen molar-refractivity contribution in [1.29, 1.82) is 0 Å². The van der Waals surface area contributed by atoms with Gasteiger partial charge in [0.25, 0.3) is 5.91 Å². The summed E-state index contributed by atoms with van der Waals surface area (Å²) in [6.07, 6.45) is 1.58. The van der Waals surface area contributed by atoms with Gasteiger partial charge in [0.15, 0.2) is 0 Å². The number of halogens is 1. The maximum absolute atomic E-state index is 13.0. The van der Waals surface area contributed by atoms with Gasteiger partial charge in [-0.25, -0.2) is 4.79 Å². The van der Waals surface area contributed by atoms with Gasteiger partial charge in [-0.1, -0.05) is 37.1 Å². The standard InChI is InChI=1S/C17H22ClNO3S/c1-4-7-15-19(14(10-23-15)17(21)22-11(2)3)16(20)12-8-5-6-9-13(12)18/h5-6,8-9,11,14-15H,4,7,10H2,1-3H3/t14-,15+/m0/s1. The molecular weight excluding hydrogens is 334 g/mol. The molecule has 4 nitrogen and oxygen atoms in total. The van der Waals surface area contributed by atoms with Gasteiger partial charge < -0.3 is 9.64 Å². The van der Waals surface area contributed by atoms with Gasteiger partial charge >= 0.3 is 5.97 Å². The highest BCUT2D eigenvalue weighted by Gasteiger charge is 2.42. The molecule has 0 N–H and O–H groups in total. The largest absolute Gasteiger partial charge is 0.461 e. The van der Waals surface area contributed by atoms with Gasteiger partial charge in [-0.15, -0.1) is 11.8 Å². The third kappa shape index (κ3) is 4.21. The second-order valence-corrected chi connectivity index (χ2v) is 7.39. The second-order valence-electron chi connectivity index (χ2n) is 5.77. The molecule has 1 aromatic rings. The molecule has 0 unspecified atom stereocenters. The molecule has 1 fully saturated rings. The molecule has 1 aromatic carbocycles. The number of carbonyl (C=O) groups excluding carboxylic acids is 2. The number of hydrogen-bond donors (Lipinski definition) is 0. The van der Waals surface area contributed by atoms with Gasteiger partial charge in [0.1, 0.15) is 6.04 Å². The van der Waals surface area contributed by atoms with E-state index in [0.717, 1.165) is 12.8 Å². The third-order valence-electron chi connectivity index (χ3n) is 3.59. The van der Waals surface area contributed by atoms with Crippen LogP contribution in [0.25, 0.3) is 0 Å². The van der Waals surface area contributed by atoms with Gasteiger partial charge in [-0.3, -0.25) is 4.79 Å². The van der Waals surface area contributed by atoms with Crippen molar-refractivity contribution < 1.29 is 14.3 Å². The highest BCUT2D eigenvalue weighted by Crippen LogP contribution is 2.35. The molecular formula is C17H22ClNO3S. The minimum atomic E-state index is -0.553. The van der Waals surface area contributed by atoms with Crippen LogP contribution in [-0.2, 0) is 9.53 Å². The number of amides is 1. The maximum atomic E-state index is 13.0. The molecule has 1 saturated heterocycles. The lowest BCUT2D eigenvalue weighted by atomic mass is 10.1. The molecule has 0 aromatic heterocycles. The van der Waals surface area contributed by atoms with Crippen LogP contribution < -0.4 is 0 Å². The van der Waals surface area contributed by atoms with E-state index >= 15 is 0 Å². The van der Waals surface area contributed by atoms with Gasteiger partial charge in [0, 0.05) is 5.75 Å². The molecule has 1 amide bonds. The van der Waals surface area contributed by atoms with Gasteiger partial charge in [0.2, 0.25) is 0 Å². The SMILES string of the molecule is CCC[C@H]1SC[C@@H](C(=O)OC(C)C)N1C(=O)c1ccccc1Cl. The molecule has 2 rings (SSSR count). The first-order valence-electron chi connectivity index (χ1n) is 7.85.